The molecule has 1 aromatic rings. The van der Waals surface area contributed by atoms with Crippen LogP contribution in [0.1, 0.15) is 50.5 Å². The fraction of sp³-hybridized carbons (Fsp3) is 0.647. The maximum Gasteiger partial charge on any atom is 0.146 e. The summed E-state index contributed by atoms with van der Waals surface area (Å²) in [5, 5.41) is 0. The Kier molecular flexibility index (Phi) is 4.07. The average molecular weight is 240 g/mol. The van der Waals surface area contributed by atoms with Gasteiger partial charge in [0.05, 0.1) is 0 Å². The Bertz CT molecular complexity index is 345. The van der Waals surface area contributed by atoms with Gasteiger partial charge in [0.15, 0.2) is 0 Å². The Balaban J connectivity index is 1.63. The van der Waals surface area contributed by atoms with Crippen molar-refractivity contribution < 1.29 is 0 Å². The summed E-state index contributed by atoms with van der Waals surface area (Å²) < 4.78 is 0. The molecule has 0 aromatic heterocycles. The molecule has 96 valence electrons. The van der Waals surface area contributed by atoms with Crippen LogP contribution in [-0.2, 0) is 6.42 Å². The maximum absolute atomic E-state index is 2.30. The van der Waals surface area contributed by atoms with E-state index < -0.39 is 0 Å². The lowest BCUT2D eigenvalue weighted by Crippen LogP contribution is -2.30. The van der Waals surface area contributed by atoms with E-state index in [4.69, 9.17) is 0 Å². The molecule has 1 heteroatoms. The minimum atomic E-state index is 1.04. The zero-order chi connectivity index (χ0) is 12.2. The molecule has 0 saturated carbocycles. The van der Waals surface area contributed by atoms with Crippen molar-refractivity contribution >= 4 is 6.71 Å². The average Bonchev–Trinajstić information content (AvgIpc) is 2.53. The minimum Gasteiger partial charge on any atom is -0.0696 e. The van der Waals surface area contributed by atoms with Gasteiger partial charge in [-0.15, -0.1) is 0 Å². The molecule has 2 atom stereocenters. The topological polar surface area (TPSA) is 0 Å². The van der Waals surface area contributed by atoms with Gasteiger partial charge in [0.1, 0.15) is 6.71 Å². The van der Waals surface area contributed by atoms with Crippen LogP contribution in [0.4, 0.5) is 0 Å². The lowest BCUT2D eigenvalue weighted by molar-refractivity contribution is 0.553. The molecule has 2 fully saturated rings. The number of fused-ring (bicyclic) bond motifs is 2. The molecule has 0 nitrogen and oxygen atoms in total. The van der Waals surface area contributed by atoms with Crippen molar-refractivity contribution in [2.45, 2.75) is 69.3 Å². The number of hydrogen-bond donors (Lipinski definition) is 0. The molecular formula is C17H25B. The van der Waals surface area contributed by atoms with E-state index in [2.05, 4.69) is 30.3 Å². The third-order valence-electron chi connectivity index (χ3n) is 5.37. The van der Waals surface area contributed by atoms with Crippen molar-refractivity contribution in [2.24, 2.45) is 0 Å². The first-order valence-electron chi connectivity index (χ1n) is 7.97. The summed E-state index contributed by atoms with van der Waals surface area (Å²) >= 11 is 0. The Hall–Kier alpha value is -0.715. The molecule has 2 aliphatic heterocycles. The molecule has 0 N–H and O–H groups in total. The van der Waals surface area contributed by atoms with Crippen LogP contribution >= 0.6 is 0 Å². The second kappa shape index (κ2) is 5.95. The van der Waals surface area contributed by atoms with Gasteiger partial charge in [0, 0.05) is 0 Å². The van der Waals surface area contributed by atoms with E-state index in [0.717, 1.165) is 18.3 Å². The minimum absolute atomic E-state index is 1.04. The molecule has 1 aromatic carbocycles. The maximum atomic E-state index is 2.30. The molecule has 0 amide bonds. The summed E-state index contributed by atoms with van der Waals surface area (Å²) in [7, 11) is 0. The van der Waals surface area contributed by atoms with Gasteiger partial charge in [-0.05, 0) is 12.0 Å². The van der Waals surface area contributed by atoms with Crippen molar-refractivity contribution in [2.75, 3.05) is 0 Å². The smallest absolute Gasteiger partial charge is 0.0696 e. The van der Waals surface area contributed by atoms with Gasteiger partial charge in [0.2, 0.25) is 0 Å². The molecule has 18 heavy (non-hydrogen) atoms. The Morgan fingerprint density at radius 2 is 1.44 bits per heavy atom. The first-order valence-corrected chi connectivity index (χ1v) is 7.97. The highest BCUT2D eigenvalue weighted by Crippen LogP contribution is 2.46. The standard InChI is InChI=1S/C17H25B/c1-2-7-15(8-3-1)13-14-18-16-9-4-5-10-17(18)12-6-11-16/h1-3,7-8,16-17H,4-6,9-14H2. The van der Waals surface area contributed by atoms with E-state index in [1.807, 2.05) is 0 Å². The molecule has 2 heterocycles. The van der Waals surface area contributed by atoms with Gasteiger partial charge in [-0.1, -0.05) is 93.2 Å². The molecular weight excluding hydrogens is 215 g/mol. The van der Waals surface area contributed by atoms with E-state index in [9.17, 15) is 0 Å². The van der Waals surface area contributed by atoms with Crippen LogP contribution in [0.25, 0.3) is 0 Å². The van der Waals surface area contributed by atoms with E-state index in [-0.39, 0.29) is 0 Å². The number of hydrogen-bond acceptors (Lipinski definition) is 0. The van der Waals surface area contributed by atoms with Crippen molar-refractivity contribution in [1.29, 1.82) is 0 Å². The first-order chi connectivity index (χ1) is 8.93. The van der Waals surface area contributed by atoms with Crippen LogP contribution in [0.15, 0.2) is 30.3 Å². The predicted octanol–water partition coefficient (Wildman–Crippen LogP) is 5.22. The van der Waals surface area contributed by atoms with E-state index >= 15 is 0 Å². The Labute approximate surface area is 112 Å². The highest BCUT2D eigenvalue weighted by molar-refractivity contribution is 6.62. The fourth-order valence-electron chi connectivity index (χ4n) is 4.43. The Morgan fingerprint density at radius 1 is 0.833 bits per heavy atom. The number of aryl methyl sites for hydroxylation is 1. The summed E-state index contributed by atoms with van der Waals surface area (Å²) in [6, 6.07) is 11.1. The van der Waals surface area contributed by atoms with Crippen LogP contribution in [-0.4, -0.2) is 6.71 Å². The van der Waals surface area contributed by atoms with Crippen LogP contribution in [0, 0.1) is 0 Å². The van der Waals surface area contributed by atoms with E-state index in [1.165, 1.54) is 57.7 Å². The monoisotopic (exact) mass is 240 g/mol. The van der Waals surface area contributed by atoms with Crippen LogP contribution in [0.3, 0.4) is 0 Å². The number of benzene rings is 1. The van der Waals surface area contributed by atoms with Gasteiger partial charge < -0.3 is 0 Å². The molecule has 2 aliphatic rings. The van der Waals surface area contributed by atoms with Crippen molar-refractivity contribution in [1.82, 2.24) is 0 Å². The van der Waals surface area contributed by atoms with Crippen LogP contribution in [0.2, 0.25) is 18.0 Å². The van der Waals surface area contributed by atoms with Crippen LogP contribution in [0.5, 0.6) is 0 Å². The second-order valence-corrected chi connectivity index (χ2v) is 6.42. The first kappa shape index (κ1) is 12.3. The quantitative estimate of drug-likeness (QED) is 0.635. The molecule has 0 aliphatic carbocycles. The highest BCUT2D eigenvalue weighted by Gasteiger charge is 2.36. The van der Waals surface area contributed by atoms with Crippen molar-refractivity contribution in [3.05, 3.63) is 35.9 Å². The lowest BCUT2D eigenvalue weighted by atomic mass is 9.28. The van der Waals surface area contributed by atoms with Gasteiger partial charge in [-0.2, -0.15) is 0 Å². The number of rotatable bonds is 3. The van der Waals surface area contributed by atoms with E-state index in [1.54, 1.807) is 5.56 Å². The van der Waals surface area contributed by atoms with Crippen molar-refractivity contribution in [3.63, 3.8) is 0 Å². The van der Waals surface area contributed by atoms with Gasteiger partial charge in [-0.25, -0.2) is 0 Å². The molecule has 2 bridgehead atoms. The van der Waals surface area contributed by atoms with Crippen LogP contribution < -0.4 is 0 Å². The van der Waals surface area contributed by atoms with Gasteiger partial charge in [0.25, 0.3) is 0 Å². The molecule has 2 saturated heterocycles. The summed E-state index contributed by atoms with van der Waals surface area (Å²) in [5.74, 6) is 2.13. The molecule has 0 radical (unpaired) electrons. The third-order valence-corrected chi connectivity index (χ3v) is 5.37. The molecule has 0 spiro atoms. The highest BCUT2D eigenvalue weighted by atomic mass is 14.2. The molecule has 2 unspecified atom stereocenters. The largest absolute Gasteiger partial charge is 0.146 e. The molecule has 3 rings (SSSR count). The fourth-order valence-corrected chi connectivity index (χ4v) is 4.43. The SMILES string of the molecule is c1ccc(CCB2C3CCCCC2CCC3)cc1. The van der Waals surface area contributed by atoms with Gasteiger partial charge >= 0.3 is 0 Å². The summed E-state index contributed by atoms with van der Waals surface area (Å²) in [6.07, 6.45) is 13.4. The zero-order valence-electron chi connectivity index (χ0n) is 11.5. The van der Waals surface area contributed by atoms with Gasteiger partial charge in [-0.3, -0.25) is 0 Å². The third kappa shape index (κ3) is 2.82. The normalized spacial score (nSPS) is 27.9. The van der Waals surface area contributed by atoms with Crippen molar-refractivity contribution in [3.8, 4) is 0 Å². The zero-order valence-corrected chi connectivity index (χ0v) is 11.5. The lowest BCUT2D eigenvalue weighted by Gasteiger charge is -2.34. The Morgan fingerprint density at radius 3 is 2.11 bits per heavy atom. The second-order valence-electron chi connectivity index (χ2n) is 6.42. The summed E-state index contributed by atoms with van der Waals surface area (Å²) in [6.45, 7) is 1.04. The predicted molar refractivity (Wildman–Crippen MR) is 80.5 cm³/mol. The summed E-state index contributed by atoms with van der Waals surface area (Å²) in [5.41, 5.74) is 1.54. The van der Waals surface area contributed by atoms with E-state index in [0.29, 0.717) is 0 Å². The summed E-state index contributed by atoms with van der Waals surface area (Å²) in [4.78, 5) is 0.